The minimum absolute atomic E-state index is 0.0957. The first-order valence-corrected chi connectivity index (χ1v) is 13.0. The number of amides is 1. The van der Waals surface area contributed by atoms with Gasteiger partial charge in [-0.15, -0.1) is 0 Å². The number of aromatic nitrogens is 2. The highest BCUT2D eigenvalue weighted by Crippen LogP contribution is 2.44. The van der Waals surface area contributed by atoms with Crippen LogP contribution in [0, 0.1) is 0 Å². The number of fused-ring (bicyclic) bond motifs is 1. The fourth-order valence-electron chi connectivity index (χ4n) is 4.95. The molecule has 1 amide bonds. The molecule has 1 unspecified atom stereocenters. The molecule has 6 nitrogen and oxygen atoms in total. The van der Waals surface area contributed by atoms with E-state index in [0.717, 1.165) is 45.0 Å². The number of methoxy groups -OCH3 is 1. The molecule has 0 aliphatic carbocycles. The van der Waals surface area contributed by atoms with Gasteiger partial charge >= 0.3 is 0 Å². The summed E-state index contributed by atoms with van der Waals surface area (Å²) >= 11 is 6.11. The Bertz CT molecular complexity index is 1580. The third kappa shape index (κ3) is 4.99. The van der Waals surface area contributed by atoms with E-state index in [1.165, 1.54) is 0 Å². The molecule has 6 rings (SSSR count). The zero-order chi connectivity index (χ0) is 26.8. The molecule has 0 saturated heterocycles. The fraction of sp³-hybridized carbons (Fsp3) is 0.125. The number of carbonyl (C=O) groups excluding carboxylic acids is 1. The number of nitrogens with zero attached hydrogens (tertiary/aromatic N) is 2. The second kappa shape index (κ2) is 10.7. The lowest BCUT2D eigenvalue weighted by molar-refractivity contribution is 0.0730. The highest BCUT2D eigenvalue weighted by molar-refractivity contribution is 6.30. The van der Waals surface area contributed by atoms with Crippen LogP contribution in [-0.4, -0.2) is 28.1 Å². The maximum Gasteiger partial charge on any atom is 0.273 e. The Labute approximate surface area is 231 Å². The zero-order valence-corrected chi connectivity index (χ0v) is 22.1. The molecule has 194 valence electrons. The van der Waals surface area contributed by atoms with Gasteiger partial charge in [0, 0.05) is 22.7 Å². The molecule has 39 heavy (non-hydrogen) atoms. The number of rotatable bonds is 8. The van der Waals surface area contributed by atoms with Gasteiger partial charge in [-0.3, -0.25) is 9.89 Å². The molecule has 1 aliphatic heterocycles. The molecule has 1 aliphatic rings. The lowest BCUT2D eigenvalue weighted by Gasteiger charge is -2.27. The van der Waals surface area contributed by atoms with Crippen molar-refractivity contribution in [1.82, 2.24) is 15.1 Å². The van der Waals surface area contributed by atoms with Crippen molar-refractivity contribution >= 4 is 17.5 Å². The molecule has 0 fully saturated rings. The zero-order valence-electron chi connectivity index (χ0n) is 21.3. The van der Waals surface area contributed by atoms with Crippen molar-refractivity contribution in [3.8, 4) is 22.8 Å². The largest absolute Gasteiger partial charge is 0.497 e. The van der Waals surface area contributed by atoms with Crippen molar-refractivity contribution < 1.29 is 14.3 Å². The Morgan fingerprint density at radius 1 is 0.846 bits per heavy atom. The van der Waals surface area contributed by atoms with Gasteiger partial charge in [0.2, 0.25) is 0 Å². The van der Waals surface area contributed by atoms with Crippen molar-refractivity contribution in [1.29, 1.82) is 0 Å². The molecular formula is C32H26ClN3O3. The van der Waals surface area contributed by atoms with Gasteiger partial charge in [0.05, 0.1) is 18.8 Å². The summed E-state index contributed by atoms with van der Waals surface area (Å²) in [5.74, 6) is 1.43. The lowest BCUT2D eigenvalue weighted by Crippen LogP contribution is -2.29. The quantitative estimate of drug-likeness (QED) is 0.231. The number of H-pyrrole nitrogens is 1. The highest BCUT2D eigenvalue weighted by atomic mass is 35.5. The van der Waals surface area contributed by atoms with Gasteiger partial charge in [0.15, 0.2) is 0 Å². The number of aromatic amines is 1. The first-order valence-electron chi connectivity index (χ1n) is 12.7. The van der Waals surface area contributed by atoms with Gasteiger partial charge in [-0.25, -0.2) is 0 Å². The van der Waals surface area contributed by atoms with E-state index in [1.807, 2.05) is 108 Å². The SMILES string of the molecule is COc1ccc(-c2n[nH]c3c2C(c2ccc(OCc4ccccc4)cc2)N(Cc2ccc(Cl)cc2)C3=O)cc1. The van der Waals surface area contributed by atoms with Gasteiger partial charge in [-0.2, -0.15) is 5.10 Å². The maximum absolute atomic E-state index is 13.7. The van der Waals surface area contributed by atoms with E-state index in [1.54, 1.807) is 7.11 Å². The van der Waals surface area contributed by atoms with Crippen molar-refractivity contribution in [3.05, 3.63) is 136 Å². The van der Waals surface area contributed by atoms with E-state index in [-0.39, 0.29) is 11.9 Å². The standard InChI is InChI=1S/C32H26ClN3O3/c1-38-26-15-9-23(10-16-26)29-28-30(35-34-29)32(37)36(19-21-7-13-25(33)14-8-21)31(28)24-11-17-27(18-12-24)39-20-22-5-3-2-4-6-22/h2-18,31H,19-20H2,1H3,(H,34,35). The Hall–Kier alpha value is -4.55. The Balaban J connectivity index is 1.35. The van der Waals surface area contributed by atoms with E-state index in [4.69, 9.17) is 21.1 Å². The van der Waals surface area contributed by atoms with Crippen molar-refractivity contribution in [2.45, 2.75) is 19.2 Å². The second-order valence-corrected chi connectivity index (χ2v) is 9.83. The van der Waals surface area contributed by atoms with Crippen LogP contribution in [0.1, 0.15) is 38.8 Å². The number of hydrogen-bond acceptors (Lipinski definition) is 4. The van der Waals surface area contributed by atoms with Crippen LogP contribution in [-0.2, 0) is 13.2 Å². The summed E-state index contributed by atoms with van der Waals surface area (Å²) in [6, 6.07) is 33.0. The van der Waals surface area contributed by atoms with Crippen LogP contribution in [0.4, 0.5) is 0 Å². The lowest BCUT2D eigenvalue weighted by atomic mass is 9.95. The third-order valence-electron chi connectivity index (χ3n) is 6.94. The molecule has 7 heteroatoms. The normalized spacial score (nSPS) is 14.4. The van der Waals surface area contributed by atoms with Crippen LogP contribution in [0.5, 0.6) is 11.5 Å². The van der Waals surface area contributed by atoms with Crippen LogP contribution in [0.3, 0.4) is 0 Å². The van der Waals surface area contributed by atoms with Gasteiger partial charge < -0.3 is 14.4 Å². The molecule has 0 saturated carbocycles. The van der Waals surface area contributed by atoms with Crippen LogP contribution in [0.2, 0.25) is 5.02 Å². The molecule has 1 aromatic heterocycles. The van der Waals surface area contributed by atoms with Crippen molar-refractivity contribution in [2.24, 2.45) is 0 Å². The van der Waals surface area contributed by atoms with E-state index >= 15 is 0 Å². The maximum atomic E-state index is 13.7. The Morgan fingerprint density at radius 2 is 1.54 bits per heavy atom. The summed E-state index contributed by atoms with van der Waals surface area (Å²) in [6.45, 7) is 0.912. The number of carbonyl (C=O) groups is 1. The summed E-state index contributed by atoms with van der Waals surface area (Å²) in [5.41, 5.74) is 6.07. The van der Waals surface area contributed by atoms with Crippen molar-refractivity contribution in [2.75, 3.05) is 7.11 Å². The predicted octanol–water partition coefficient (Wildman–Crippen LogP) is 7.06. The second-order valence-electron chi connectivity index (χ2n) is 9.39. The van der Waals surface area contributed by atoms with E-state index in [9.17, 15) is 4.79 Å². The van der Waals surface area contributed by atoms with E-state index in [2.05, 4.69) is 10.2 Å². The molecule has 4 aromatic carbocycles. The van der Waals surface area contributed by atoms with Crippen LogP contribution in [0.25, 0.3) is 11.3 Å². The number of ether oxygens (including phenoxy) is 2. The van der Waals surface area contributed by atoms with E-state index < -0.39 is 0 Å². The Kier molecular flexibility index (Phi) is 6.78. The minimum Gasteiger partial charge on any atom is -0.497 e. The summed E-state index contributed by atoms with van der Waals surface area (Å²) < 4.78 is 11.3. The molecular weight excluding hydrogens is 510 g/mol. The summed E-state index contributed by atoms with van der Waals surface area (Å²) in [5, 5.41) is 8.24. The topological polar surface area (TPSA) is 67.5 Å². The first kappa shape index (κ1) is 24.8. The molecule has 0 radical (unpaired) electrons. The minimum atomic E-state index is -0.331. The molecule has 1 atom stereocenters. The van der Waals surface area contributed by atoms with E-state index in [0.29, 0.717) is 23.9 Å². The molecule has 1 N–H and O–H groups in total. The van der Waals surface area contributed by atoms with Crippen molar-refractivity contribution in [3.63, 3.8) is 0 Å². The molecule has 5 aromatic rings. The fourth-order valence-corrected chi connectivity index (χ4v) is 5.07. The number of halogens is 1. The van der Waals surface area contributed by atoms with Crippen LogP contribution < -0.4 is 9.47 Å². The van der Waals surface area contributed by atoms with Gasteiger partial charge in [-0.05, 0) is 65.2 Å². The monoisotopic (exact) mass is 535 g/mol. The summed E-state index contributed by atoms with van der Waals surface area (Å²) in [7, 11) is 1.64. The molecule has 2 heterocycles. The number of nitrogens with one attached hydrogen (secondary N) is 1. The van der Waals surface area contributed by atoms with Gasteiger partial charge in [0.1, 0.15) is 23.8 Å². The van der Waals surface area contributed by atoms with Crippen LogP contribution >= 0.6 is 11.6 Å². The Morgan fingerprint density at radius 3 is 2.23 bits per heavy atom. The smallest absolute Gasteiger partial charge is 0.273 e. The average molecular weight is 536 g/mol. The first-order chi connectivity index (χ1) is 19.1. The van der Waals surface area contributed by atoms with Gasteiger partial charge in [0.25, 0.3) is 5.91 Å². The summed E-state index contributed by atoms with van der Waals surface area (Å²) in [6.07, 6.45) is 0. The number of hydrogen-bond donors (Lipinski definition) is 1. The molecule has 0 spiro atoms. The predicted molar refractivity (Wildman–Crippen MR) is 151 cm³/mol. The molecule has 0 bridgehead atoms. The van der Waals surface area contributed by atoms with Gasteiger partial charge in [-0.1, -0.05) is 66.2 Å². The highest BCUT2D eigenvalue weighted by Gasteiger charge is 2.42. The average Bonchev–Trinajstić information content (AvgIpc) is 3.53. The summed E-state index contributed by atoms with van der Waals surface area (Å²) in [4.78, 5) is 15.6. The van der Waals surface area contributed by atoms with Crippen LogP contribution in [0.15, 0.2) is 103 Å². The third-order valence-corrected chi connectivity index (χ3v) is 7.19. The number of benzene rings is 4.